The number of ether oxygens (including phenoxy) is 4. The molecule has 3 rings (SSSR count). The van der Waals surface area contributed by atoms with E-state index >= 15 is 0 Å². The molecule has 2 aromatic carbocycles. The van der Waals surface area contributed by atoms with Crippen molar-refractivity contribution in [2.45, 2.75) is 31.7 Å². The summed E-state index contributed by atoms with van der Waals surface area (Å²) in [6.07, 6.45) is -1.66. The molecular weight excluding hydrogens is 362 g/mol. The molecule has 7 nitrogen and oxygen atoms in total. The van der Waals surface area contributed by atoms with Crippen molar-refractivity contribution >= 4 is 0 Å². The minimum atomic E-state index is -0.706. The van der Waals surface area contributed by atoms with Gasteiger partial charge in [0.25, 0.3) is 0 Å². The van der Waals surface area contributed by atoms with E-state index in [1.165, 1.54) is 7.11 Å². The van der Waals surface area contributed by atoms with Crippen LogP contribution in [0, 0.1) is 16.0 Å². The first-order chi connectivity index (χ1) is 13.7. The second-order valence-corrected chi connectivity index (χ2v) is 6.71. The van der Waals surface area contributed by atoms with E-state index in [0.717, 1.165) is 11.1 Å². The van der Waals surface area contributed by atoms with Crippen molar-refractivity contribution in [1.82, 2.24) is 0 Å². The molecule has 0 saturated carbocycles. The summed E-state index contributed by atoms with van der Waals surface area (Å²) in [4.78, 5) is 10.9. The van der Waals surface area contributed by atoms with Gasteiger partial charge in [0.05, 0.1) is 19.8 Å². The fourth-order valence-corrected chi connectivity index (χ4v) is 3.36. The highest BCUT2D eigenvalue weighted by atomic mass is 16.7. The van der Waals surface area contributed by atoms with Crippen molar-refractivity contribution in [3.63, 3.8) is 0 Å². The predicted molar refractivity (Wildman–Crippen MR) is 102 cm³/mol. The van der Waals surface area contributed by atoms with E-state index in [1.54, 1.807) is 0 Å². The van der Waals surface area contributed by atoms with Crippen molar-refractivity contribution in [1.29, 1.82) is 0 Å². The van der Waals surface area contributed by atoms with Crippen LogP contribution >= 0.6 is 0 Å². The van der Waals surface area contributed by atoms with Crippen LogP contribution in [0.1, 0.15) is 11.1 Å². The third-order valence-corrected chi connectivity index (χ3v) is 4.75. The third kappa shape index (κ3) is 5.59. The Bertz CT molecular complexity index is 726. The van der Waals surface area contributed by atoms with Gasteiger partial charge in [-0.25, -0.2) is 0 Å². The van der Waals surface area contributed by atoms with E-state index in [4.69, 9.17) is 18.9 Å². The fourth-order valence-electron chi connectivity index (χ4n) is 3.36. The van der Waals surface area contributed by atoms with E-state index in [9.17, 15) is 10.1 Å². The molecule has 0 amide bonds. The molecular formula is C21H25NO6. The van der Waals surface area contributed by atoms with Crippen LogP contribution in [0.25, 0.3) is 0 Å². The molecule has 0 bridgehead atoms. The molecule has 4 atom stereocenters. The Morgan fingerprint density at radius 2 is 1.57 bits per heavy atom. The first-order valence-corrected chi connectivity index (χ1v) is 9.24. The Kier molecular flexibility index (Phi) is 7.50. The molecule has 0 unspecified atom stereocenters. The molecule has 0 spiro atoms. The number of hydrogen-bond acceptors (Lipinski definition) is 6. The van der Waals surface area contributed by atoms with Gasteiger partial charge in [-0.2, -0.15) is 0 Å². The maximum absolute atomic E-state index is 11.2. The summed E-state index contributed by atoms with van der Waals surface area (Å²) in [5.41, 5.74) is 2.01. The van der Waals surface area contributed by atoms with Crippen molar-refractivity contribution in [2.24, 2.45) is 5.92 Å². The van der Waals surface area contributed by atoms with Gasteiger partial charge in [0.15, 0.2) is 6.29 Å². The highest BCUT2D eigenvalue weighted by Gasteiger charge is 2.45. The highest BCUT2D eigenvalue weighted by Crippen LogP contribution is 2.28. The molecule has 1 saturated heterocycles. The predicted octanol–water partition coefficient (Wildman–Crippen LogP) is 3.05. The molecule has 7 heteroatoms. The summed E-state index contributed by atoms with van der Waals surface area (Å²) in [7, 11) is 1.48. The van der Waals surface area contributed by atoms with Crippen LogP contribution in [0.3, 0.4) is 0 Å². The van der Waals surface area contributed by atoms with Crippen LogP contribution in [0.4, 0.5) is 0 Å². The van der Waals surface area contributed by atoms with Crippen LogP contribution < -0.4 is 0 Å². The average molecular weight is 387 g/mol. The monoisotopic (exact) mass is 387 g/mol. The van der Waals surface area contributed by atoms with Crippen LogP contribution in [-0.2, 0) is 32.2 Å². The number of nitro groups is 1. The van der Waals surface area contributed by atoms with Crippen LogP contribution in [0.2, 0.25) is 0 Å². The Labute approximate surface area is 164 Å². The molecule has 28 heavy (non-hydrogen) atoms. The largest absolute Gasteiger partial charge is 0.370 e. The summed E-state index contributed by atoms with van der Waals surface area (Å²) >= 11 is 0. The quantitative estimate of drug-likeness (QED) is 0.486. The van der Waals surface area contributed by atoms with Gasteiger partial charge in [0.1, 0.15) is 18.1 Å². The number of nitrogens with zero attached hydrogens (tertiary/aromatic N) is 1. The number of benzene rings is 2. The molecule has 0 aliphatic carbocycles. The Balaban J connectivity index is 1.73. The van der Waals surface area contributed by atoms with Gasteiger partial charge < -0.3 is 18.9 Å². The lowest BCUT2D eigenvalue weighted by Crippen LogP contribution is -2.54. The lowest BCUT2D eigenvalue weighted by Gasteiger charge is -2.40. The number of hydrogen-bond donors (Lipinski definition) is 0. The average Bonchev–Trinajstić information content (AvgIpc) is 2.72. The van der Waals surface area contributed by atoms with Gasteiger partial charge in [-0.15, -0.1) is 0 Å². The molecule has 2 aromatic rings. The maximum atomic E-state index is 11.2. The molecule has 1 heterocycles. The molecule has 0 radical (unpaired) electrons. The van der Waals surface area contributed by atoms with Crippen LogP contribution in [0.5, 0.6) is 0 Å². The Hall–Kier alpha value is -2.32. The van der Waals surface area contributed by atoms with Gasteiger partial charge >= 0.3 is 0 Å². The van der Waals surface area contributed by atoms with Crippen LogP contribution in [0.15, 0.2) is 60.7 Å². The van der Waals surface area contributed by atoms with Crippen molar-refractivity contribution in [3.8, 4) is 0 Å². The second-order valence-electron chi connectivity index (χ2n) is 6.71. The second kappa shape index (κ2) is 10.3. The summed E-state index contributed by atoms with van der Waals surface area (Å²) in [6.45, 7) is 0.645. The van der Waals surface area contributed by atoms with Gasteiger partial charge in [-0.1, -0.05) is 60.7 Å². The van der Waals surface area contributed by atoms with E-state index in [2.05, 4.69) is 0 Å². The fraction of sp³-hybridized carbons (Fsp3) is 0.429. The molecule has 0 N–H and O–H groups in total. The highest BCUT2D eigenvalue weighted by molar-refractivity contribution is 5.14. The molecule has 1 aliphatic heterocycles. The zero-order valence-corrected chi connectivity index (χ0v) is 15.8. The smallest absolute Gasteiger partial charge is 0.214 e. The van der Waals surface area contributed by atoms with Crippen LogP contribution in [-0.4, -0.2) is 43.7 Å². The zero-order valence-electron chi connectivity index (χ0n) is 15.8. The Morgan fingerprint density at radius 3 is 2.11 bits per heavy atom. The van der Waals surface area contributed by atoms with Gasteiger partial charge in [0.2, 0.25) is 6.54 Å². The van der Waals surface area contributed by atoms with Crippen molar-refractivity contribution in [3.05, 3.63) is 81.9 Å². The third-order valence-electron chi connectivity index (χ3n) is 4.75. The minimum Gasteiger partial charge on any atom is -0.370 e. The number of methoxy groups -OCH3 is 1. The lowest BCUT2D eigenvalue weighted by atomic mass is 9.94. The van der Waals surface area contributed by atoms with Gasteiger partial charge in [-0.05, 0) is 11.1 Å². The lowest BCUT2D eigenvalue weighted by molar-refractivity contribution is -0.501. The molecule has 1 aliphatic rings. The maximum Gasteiger partial charge on any atom is 0.214 e. The van der Waals surface area contributed by atoms with E-state index in [0.29, 0.717) is 13.2 Å². The van der Waals surface area contributed by atoms with Crippen molar-refractivity contribution < 1.29 is 23.9 Å². The summed E-state index contributed by atoms with van der Waals surface area (Å²) in [6, 6.07) is 19.5. The SMILES string of the molecule is CO[C@H]1OC[C@@H](OCc2ccccc2)[C@H](OCc2ccccc2)[C@H]1C[N+](=O)[O-]. The normalized spacial score (nSPS) is 24.8. The molecule has 150 valence electrons. The first kappa shape index (κ1) is 20.4. The summed E-state index contributed by atoms with van der Waals surface area (Å²) in [5, 5.41) is 11.2. The topological polar surface area (TPSA) is 80.1 Å². The van der Waals surface area contributed by atoms with E-state index < -0.39 is 24.4 Å². The molecule has 1 fully saturated rings. The minimum absolute atomic E-state index is 0.249. The van der Waals surface area contributed by atoms with E-state index in [1.807, 2.05) is 60.7 Å². The Morgan fingerprint density at radius 1 is 1.00 bits per heavy atom. The summed E-state index contributed by atoms with van der Waals surface area (Å²) in [5.74, 6) is -0.571. The standard InChI is InChI=1S/C21H25NO6/c1-25-21-18(12-22(23)24)20(27-14-17-10-6-3-7-11-17)19(15-28-21)26-13-16-8-4-2-5-9-16/h2-11,18-21H,12-15H2,1H3/t18-,19-,20-,21+/m1/s1. The molecule has 0 aromatic heterocycles. The van der Waals surface area contributed by atoms with E-state index in [-0.39, 0.29) is 18.1 Å². The summed E-state index contributed by atoms with van der Waals surface area (Å²) < 4.78 is 23.2. The van der Waals surface area contributed by atoms with Crippen molar-refractivity contribution in [2.75, 3.05) is 20.3 Å². The number of rotatable bonds is 9. The zero-order chi connectivity index (χ0) is 19.8. The van der Waals surface area contributed by atoms with Gasteiger partial charge in [0, 0.05) is 12.0 Å². The van der Waals surface area contributed by atoms with Gasteiger partial charge in [-0.3, -0.25) is 10.1 Å². The first-order valence-electron chi connectivity index (χ1n) is 9.24.